The Labute approximate surface area is 93.9 Å². The molecule has 15 heavy (non-hydrogen) atoms. The zero-order valence-electron chi connectivity index (χ0n) is 8.37. The van der Waals surface area contributed by atoms with E-state index in [0.717, 1.165) is 22.1 Å². The Kier molecular flexibility index (Phi) is 2.88. The number of nitrogens with zero attached hydrogens (tertiary/aromatic N) is 1. The highest BCUT2D eigenvalue weighted by Crippen LogP contribution is 2.17. The predicted octanol–water partition coefficient (Wildman–Crippen LogP) is 3.79. The zero-order chi connectivity index (χ0) is 10.7. The van der Waals surface area contributed by atoms with Crippen LogP contribution in [0.1, 0.15) is 5.56 Å². The van der Waals surface area contributed by atoms with Crippen LogP contribution in [-0.2, 0) is 0 Å². The number of aromatic nitrogens is 1. The van der Waals surface area contributed by atoms with E-state index in [9.17, 15) is 0 Å². The summed E-state index contributed by atoms with van der Waals surface area (Å²) in [6.45, 7) is 2.01. The molecular weight excluding hydrogens is 208 g/mol. The minimum Gasteiger partial charge on any atom is -0.340 e. The number of nitrogens with one attached hydrogen (secondary N) is 1. The van der Waals surface area contributed by atoms with Gasteiger partial charge >= 0.3 is 0 Å². The van der Waals surface area contributed by atoms with Gasteiger partial charge in [0.2, 0.25) is 0 Å². The van der Waals surface area contributed by atoms with Crippen LogP contribution in [0.4, 0.5) is 11.5 Å². The van der Waals surface area contributed by atoms with Gasteiger partial charge in [-0.1, -0.05) is 17.7 Å². The van der Waals surface area contributed by atoms with Crippen molar-refractivity contribution < 1.29 is 0 Å². The second kappa shape index (κ2) is 4.32. The SMILES string of the molecule is Cc1ccc(Nc2ccc(Cl)cc2)nc1. The molecule has 0 aliphatic carbocycles. The van der Waals surface area contributed by atoms with Gasteiger partial charge in [-0.15, -0.1) is 0 Å². The van der Waals surface area contributed by atoms with E-state index < -0.39 is 0 Å². The lowest BCUT2D eigenvalue weighted by Gasteiger charge is -2.05. The molecule has 1 N–H and O–H groups in total. The predicted molar refractivity (Wildman–Crippen MR) is 63.7 cm³/mol. The zero-order valence-corrected chi connectivity index (χ0v) is 9.12. The fraction of sp³-hybridized carbons (Fsp3) is 0.0833. The Hall–Kier alpha value is -1.54. The summed E-state index contributed by atoms with van der Waals surface area (Å²) in [7, 11) is 0. The van der Waals surface area contributed by atoms with Crippen LogP contribution in [0.25, 0.3) is 0 Å². The van der Waals surface area contributed by atoms with Crippen molar-refractivity contribution in [2.75, 3.05) is 5.32 Å². The molecule has 0 saturated carbocycles. The topological polar surface area (TPSA) is 24.9 Å². The van der Waals surface area contributed by atoms with E-state index in [4.69, 9.17) is 11.6 Å². The lowest BCUT2D eigenvalue weighted by atomic mass is 10.3. The van der Waals surface area contributed by atoms with Crippen molar-refractivity contribution in [2.24, 2.45) is 0 Å². The second-order valence-electron chi connectivity index (χ2n) is 3.35. The molecule has 0 atom stereocenters. The van der Waals surface area contributed by atoms with Gasteiger partial charge in [-0.3, -0.25) is 0 Å². The molecule has 0 aliphatic heterocycles. The van der Waals surface area contributed by atoms with Crippen molar-refractivity contribution in [1.29, 1.82) is 0 Å². The number of hydrogen-bond acceptors (Lipinski definition) is 2. The van der Waals surface area contributed by atoms with Crippen LogP contribution >= 0.6 is 11.6 Å². The first-order valence-corrected chi connectivity index (χ1v) is 5.07. The smallest absolute Gasteiger partial charge is 0.130 e. The standard InChI is InChI=1S/C12H11ClN2/c1-9-2-7-12(14-8-9)15-11-5-3-10(13)4-6-11/h2-8H,1H3,(H,14,15). The lowest BCUT2D eigenvalue weighted by Crippen LogP contribution is -1.92. The third-order valence-corrected chi connectivity index (χ3v) is 2.28. The molecule has 0 aliphatic rings. The van der Waals surface area contributed by atoms with Gasteiger partial charge in [-0.25, -0.2) is 4.98 Å². The molecule has 0 spiro atoms. The summed E-state index contributed by atoms with van der Waals surface area (Å²) in [5.74, 6) is 0.836. The minimum atomic E-state index is 0.734. The summed E-state index contributed by atoms with van der Waals surface area (Å²) < 4.78 is 0. The molecular formula is C12H11ClN2. The first-order chi connectivity index (χ1) is 7.24. The van der Waals surface area contributed by atoms with E-state index in [-0.39, 0.29) is 0 Å². The number of benzene rings is 1. The van der Waals surface area contributed by atoms with Crippen molar-refractivity contribution in [1.82, 2.24) is 4.98 Å². The maximum Gasteiger partial charge on any atom is 0.130 e. The molecule has 3 heteroatoms. The first-order valence-electron chi connectivity index (χ1n) is 4.69. The molecule has 1 heterocycles. The minimum absolute atomic E-state index is 0.734. The molecule has 1 aromatic carbocycles. The summed E-state index contributed by atoms with van der Waals surface area (Å²) in [5.41, 5.74) is 2.13. The van der Waals surface area contributed by atoms with Crippen molar-refractivity contribution in [3.63, 3.8) is 0 Å². The number of aryl methyl sites for hydroxylation is 1. The van der Waals surface area contributed by atoms with Crippen molar-refractivity contribution in [3.05, 3.63) is 53.2 Å². The van der Waals surface area contributed by atoms with E-state index in [2.05, 4.69) is 10.3 Å². The molecule has 0 radical (unpaired) electrons. The molecule has 0 fully saturated rings. The maximum absolute atomic E-state index is 5.79. The highest BCUT2D eigenvalue weighted by atomic mass is 35.5. The monoisotopic (exact) mass is 218 g/mol. The van der Waals surface area contributed by atoms with Gasteiger partial charge in [0.15, 0.2) is 0 Å². The van der Waals surface area contributed by atoms with Crippen LogP contribution in [-0.4, -0.2) is 4.98 Å². The molecule has 2 nitrogen and oxygen atoms in total. The van der Waals surface area contributed by atoms with Gasteiger partial charge in [-0.05, 0) is 42.8 Å². The van der Waals surface area contributed by atoms with Gasteiger partial charge in [0.25, 0.3) is 0 Å². The Morgan fingerprint density at radius 3 is 2.40 bits per heavy atom. The molecule has 0 bridgehead atoms. The highest BCUT2D eigenvalue weighted by molar-refractivity contribution is 6.30. The summed E-state index contributed by atoms with van der Waals surface area (Å²) in [6.07, 6.45) is 1.83. The van der Waals surface area contributed by atoms with E-state index >= 15 is 0 Å². The second-order valence-corrected chi connectivity index (χ2v) is 3.79. The summed E-state index contributed by atoms with van der Waals surface area (Å²) in [4.78, 5) is 4.25. The van der Waals surface area contributed by atoms with Gasteiger partial charge in [0.1, 0.15) is 5.82 Å². The normalized spacial score (nSPS) is 10.0. The van der Waals surface area contributed by atoms with Crippen LogP contribution in [0.5, 0.6) is 0 Å². The van der Waals surface area contributed by atoms with Crippen LogP contribution in [0.2, 0.25) is 5.02 Å². The fourth-order valence-corrected chi connectivity index (χ4v) is 1.35. The molecule has 0 saturated heterocycles. The van der Waals surface area contributed by atoms with E-state index in [1.165, 1.54) is 0 Å². The Bertz CT molecular complexity index is 391. The summed E-state index contributed by atoms with van der Waals surface area (Å²) in [6, 6.07) is 11.5. The average molecular weight is 219 g/mol. The third-order valence-electron chi connectivity index (χ3n) is 2.03. The van der Waals surface area contributed by atoms with Crippen molar-refractivity contribution >= 4 is 23.1 Å². The number of pyridine rings is 1. The largest absolute Gasteiger partial charge is 0.340 e. The molecule has 1 aromatic heterocycles. The Balaban J connectivity index is 2.15. The third kappa shape index (κ3) is 2.70. The lowest BCUT2D eigenvalue weighted by molar-refractivity contribution is 1.26. The van der Waals surface area contributed by atoms with Gasteiger partial charge in [-0.2, -0.15) is 0 Å². The van der Waals surface area contributed by atoms with Gasteiger partial charge < -0.3 is 5.32 Å². The number of hydrogen-bond donors (Lipinski definition) is 1. The number of halogens is 1. The molecule has 2 aromatic rings. The fourth-order valence-electron chi connectivity index (χ4n) is 1.22. The van der Waals surface area contributed by atoms with Crippen LogP contribution < -0.4 is 5.32 Å². The first kappa shape index (κ1) is 9.99. The quantitative estimate of drug-likeness (QED) is 0.830. The summed E-state index contributed by atoms with van der Waals surface area (Å²) >= 11 is 5.79. The number of anilines is 2. The average Bonchev–Trinajstić information content (AvgIpc) is 2.25. The molecule has 2 rings (SSSR count). The Morgan fingerprint density at radius 2 is 1.80 bits per heavy atom. The van der Waals surface area contributed by atoms with Gasteiger partial charge in [0.05, 0.1) is 0 Å². The molecule has 0 unspecified atom stereocenters. The molecule has 76 valence electrons. The van der Waals surface area contributed by atoms with E-state index in [0.29, 0.717) is 0 Å². The van der Waals surface area contributed by atoms with Crippen LogP contribution in [0.3, 0.4) is 0 Å². The Morgan fingerprint density at radius 1 is 1.07 bits per heavy atom. The van der Waals surface area contributed by atoms with Crippen LogP contribution in [0.15, 0.2) is 42.6 Å². The van der Waals surface area contributed by atoms with Crippen molar-refractivity contribution in [2.45, 2.75) is 6.92 Å². The highest BCUT2D eigenvalue weighted by Gasteiger charge is 1.95. The van der Waals surface area contributed by atoms with Gasteiger partial charge in [0, 0.05) is 16.9 Å². The number of rotatable bonds is 2. The maximum atomic E-state index is 5.79. The van der Waals surface area contributed by atoms with E-state index in [1.54, 1.807) is 0 Å². The summed E-state index contributed by atoms with van der Waals surface area (Å²) in [5, 5.41) is 3.92. The van der Waals surface area contributed by atoms with Crippen LogP contribution in [0, 0.1) is 6.92 Å². The molecule has 0 amide bonds. The van der Waals surface area contributed by atoms with E-state index in [1.807, 2.05) is 49.5 Å². The van der Waals surface area contributed by atoms with Crippen molar-refractivity contribution in [3.8, 4) is 0 Å².